The maximum atomic E-state index is 11.3. The zero-order valence-corrected chi connectivity index (χ0v) is 18.3. The summed E-state index contributed by atoms with van der Waals surface area (Å²) >= 11 is 0. The Labute approximate surface area is 178 Å². The first kappa shape index (κ1) is 29.5. The monoisotopic (exact) mass is 429 g/mol. The lowest BCUT2D eigenvalue weighted by Crippen LogP contribution is -2.21. The van der Waals surface area contributed by atoms with Gasteiger partial charge in [-0.15, -0.1) is 0 Å². The van der Waals surface area contributed by atoms with Crippen LogP contribution in [0.1, 0.15) is 46.5 Å². The summed E-state index contributed by atoms with van der Waals surface area (Å²) in [6.45, 7) is 13.5. The number of carboxylic acids is 1. The zero-order chi connectivity index (χ0) is 23.2. The lowest BCUT2D eigenvalue weighted by Gasteiger charge is -2.13. The van der Waals surface area contributed by atoms with Gasteiger partial charge in [0.1, 0.15) is 13.2 Å². The third-order valence-electron chi connectivity index (χ3n) is 3.73. The molecule has 9 heteroatoms. The Kier molecular flexibility index (Phi) is 20.7. The summed E-state index contributed by atoms with van der Waals surface area (Å²) in [5.74, 6) is -2.92. The van der Waals surface area contributed by atoms with E-state index in [4.69, 9.17) is 14.6 Å². The Morgan fingerprint density at radius 2 is 1.37 bits per heavy atom. The average Bonchev–Trinajstić information content (AvgIpc) is 2.73. The highest BCUT2D eigenvalue weighted by molar-refractivity contribution is 5.90. The van der Waals surface area contributed by atoms with Gasteiger partial charge in [0.25, 0.3) is 0 Å². The largest absolute Gasteiger partial charge is 0.478 e. The summed E-state index contributed by atoms with van der Waals surface area (Å²) < 4.78 is 14.2. The SMILES string of the molecule is C=CC(=O)OCCOC(=O)CCCCCOC(=O)/C=C\C(=O)O.CCN(CC)CC. The molecule has 9 nitrogen and oxygen atoms in total. The predicted octanol–water partition coefficient (Wildman–Crippen LogP) is 2.35. The topological polar surface area (TPSA) is 119 Å². The maximum Gasteiger partial charge on any atom is 0.331 e. The van der Waals surface area contributed by atoms with Gasteiger partial charge in [-0.3, -0.25) is 4.79 Å². The minimum Gasteiger partial charge on any atom is -0.478 e. The number of aliphatic carboxylic acids is 1. The van der Waals surface area contributed by atoms with Gasteiger partial charge in [-0.05, 0) is 38.9 Å². The molecule has 1 N–H and O–H groups in total. The van der Waals surface area contributed by atoms with E-state index in [1.807, 2.05) is 0 Å². The van der Waals surface area contributed by atoms with Crippen LogP contribution in [0.25, 0.3) is 0 Å². The van der Waals surface area contributed by atoms with E-state index >= 15 is 0 Å². The van der Waals surface area contributed by atoms with Gasteiger partial charge in [-0.2, -0.15) is 0 Å². The number of carbonyl (C=O) groups excluding carboxylic acids is 3. The molecule has 0 rings (SSSR count). The standard InChI is InChI=1S/C15H20O8.C6H15N/c1-2-13(18)22-10-11-23-14(19)6-4-3-5-9-21-15(20)8-7-12(16)17;1-4-7(5-2)6-3/h2,7-8H,1,3-6,9-11H2,(H,16,17);4-6H2,1-3H3/b8-7-;. The van der Waals surface area contributed by atoms with Gasteiger partial charge in [0, 0.05) is 24.6 Å². The summed E-state index contributed by atoms with van der Waals surface area (Å²) in [6.07, 6.45) is 4.53. The van der Waals surface area contributed by atoms with Crippen molar-refractivity contribution < 1.29 is 38.5 Å². The molecule has 0 radical (unpaired) electrons. The lowest BCUT2D eigenvalue weighted by molar-refractivity contribution is -0.149. The third kappa shape index (κ3) is 21.6. The van der Waals surface area contributed by atoms with E-state index in [0.29, 0.717) is 25.3 Å². The average molecular weight is 430 g/mol. The molecule has 0 unspecified atom stereocenters. The van der Waals surface area contributed by atoms with Gasteiger partial charge >= 0.3 is 23.9 Å². The number of carbonyl (C=O) groups is 4. The van der Waals surface area contributed by atoms with Crippen molar-refractivity contribution >= 4 is 23.9 Å². The molecule has 0 saturated heterocycles. The minimum absolute atomic E-state index is 0.00800. The molecule has 0 atom stereocenters. The molecule has 0 aromatic carbocycles. The van der Waals surface area contributed by atoms with Crippen LogP contribution in [0.2, 0.25) is 0 Å². The van der Waals surface area contributed by atoms with Crippen LogP contribution in [0, 0.1) is 0 Å². The van der Waals surface area contributed by atoms with E-state index in [1.165, 1.54) is 19.6 Å². The van der Waals surface area contributed by atoms with E-state index in [-0.39, 0.29) is 26.2 Å². The Morgan fingerprint density at radius 3 is 1.87 bits per heavy atom. The van der Waals surface area contributed by atoms with Crippen LogP contribution in [-0.4, -0.2) is 73.3 Å². The van der Waals surface area contributed by atoms with E-state index in [9.17, 15) is 19.2 Å². The highest BCUT2D eigenvalue weighted by atomic mass is 16.6. The second-order valence-corrected chi connectivity index (χ2v) is 5.86. The summed E-state index contributed by atoms with van der Waals surface area (Å²) in [4.78, 5) is 45.6. The van der Waals surface area contributed by atoms with Crippen molar-refractivity contribution in [2.75, 3.05) is 39.5 Å². The third-order valence-corrected chi connectivity index (χ3v) is 3.73. The van der Waals surface area contributed by atoms with Crippen LogP contribution in [0.4, 0.5) is 0 Å². The van der Waals surface area contributed by atoms with Gasteiger partial charge in [-0.25, -0.2) is 14.4 Å². The molecule has 0 heterocycles. The second kappa shape index (κ2) is 21.0. The number of rotatable bonds is 15. The molecular weight excluding hydrogens is 394 g/mol. The van der Waals surface area contributed by atoms with Crippen LogP contribution in [0.3, 0.4) is 0 Å². The quantitative estimate of drug-likeness (QED) is 0.181. The van der Waals surface area contributed by atoms with E-state index in [1.54, 1.807) is 0 Å². The van der Waals surface area contributed by atoms with Crippen LogP contribution in [0.5, 0.6) is 0 Å². The molecule has 172 valence electrons. The van der Waals surface area contributed by atoms with Crippen molar-refractivity contribution in [2.45, 2.75) is 46.5 Å². The van der Waals surface area contributed by atoms with Crippen molar-refractivity contribution in [2.24, 2.45) is 0 Å². The molecule has 30 heavy (non-hydrogen) atoms. The van der Waals surface area contributed by atoms with Crippen LogP contribution >= 0.6 is 0 Å². The Bertz CT molecular complexity index is 536. The maximum absolute atomic E-state index is 11.3. The molecule has 0 aliphatic carbocycles. The van der Waals surface area contributed by atoms with Crippen LogP contribution in [0.15, 0.2) is 24.8 Å². The molecule has 0 aromatic rings. The number of esters is 3. The van der Waals surface area contributed by atoms with E-state index < -0.39 is 23.9 Å². The minimum atomic E-state index is -1.22. The lowest BCUT2D eigenvalue weighted by atomic mass is 10.2. The van der Waals surface area contributed by atoms with E-state index in [2.05, 4.69) is 37.0 Å². The molecule has 0 aliphatic heterocycles. The van der Waals surface area contributed by atoms with Crippen LogP contribution in [-0.2, 0) is 33.4 Å². The van der Waals surface area contributed by atoms with Gasteiger partial charge in [0.2, 0.25) is 0 Å². The van der Waals surface area contributed by atoms with Crippen molar-refractivity contribution in [1.82, 2.24) is 4.90 Å². The summed E-state index contributed by atoms with van der Waals surface area (Å²) in [5.41, 5.74) is 0. The fraction of sp³-hybridized carbons (Fsp3) is 0.619. The fourth-order valence-corrected chi connectivity index (χ4v) is 2.01. The fourth-order valence-electron chi connectivity index (χ4n) is 2.01. The number of ether oxygens (including phenoxy) is 3. The molecule has 0 saturated carbocycles. The number of unbranched alkanes of at least 4 members (excludes halogenated alkanes) is 2. The molecular formula is C21H35NO8. The second-order valence-electron chi connectivity index (χ2n) is 5.86. The number of carboxylic acid groups (broad SMARTS) is 1. The molecule has 0 aromatic heterocycles. The molecule has 0 spiro atoms. The predicted molar refractivity (Wildman–Crippen MR) is 112 cm³/mol. The van der Waals surface area contributed by atoms with Crippen molar-refractivity contribution in [1.29, 1.82) is 0 Å². The first-order valence-corrected chi connectivity index (χ1v) is 10.0. The smallest absolute Gasteiger partial charge is 0.331 e. The number of hydrogen-bond acceptors (Lipinski definition) is 8. The van der Waals surface area contributed by atoms with Gasteiger partial charge < -0.3 is 24.2 Å². The van der Waals surface area contributed by atoms with Crippen molar-refractivity contribution in [3.63, 3.8) is 0 Å². The molecule has 0 amide bonds. The summed E-state index contributed by atoms with van der Waals surface area (Å²) in [6, 6.07) is 0. The van der Waals surface area contributed by atoms with Gasteiger partial charge in [-0.1, -0.05) is 27.4 Å². The number of hydrogen-bond donors (Lipinski definition) is 1. The van der Waals surface area contributed by atoms with E-state index in [0.717, 1.165) is 12.2 Å². The van der Waals surface area contributed by atoms with Crippen molar-refractivity contribution in [3.05, 3.63) is 24.8 Å². The first-order chi connectivity index (χ1) is 14.3. The van der Waals surface area contributed by atoms with Gasteiger partial charge in [0.15, 0.2) is 0 Å². The molecule has 0 fully saturated rings. The highest BCUT2D eigenvalue weighted by Gasteiger charge is 2.04. The Hall–Kier alpha value is -2.68. The zero-order valence-electron chi connectivity index (χ0n) is 18.3. The molecule has 0 aliphatic rings. The summed E-state index contributed by atoms with van der Waals surface area (Å²) in [7, 11) is 0. The Balaban J connectivity index is 0. The molecule has 0 bridgehead atoms. The van der Waals surface area contributed by atoms with Crippen LogP contribution < -0.4 is 0 Å². The number of nitrogens with zero attached hydrogens (tertiary/aromatic N) is 1. The van der Waals surface area contributed by atoms with Crippen molar-refractivity contribution in [3.8, 4) is 0 Å². The first-order valence-electron chi connectivity index (χ1n) is 10.0. The summed E-state index contributed by atoms with van der Waals surface area (Å²) in [5, 5.41) is 8.31. The highest BCUT2D eigenvalue weighted by Crippen LogP contribution is 2.02. The Morgan fingerprint density at radius 1 is 0.800 bits per heavy atom. The normalized spacial score (nSPS) is 10.1. The van der Waals surface area contributed by atoms with Gasteiger partial charge in [0.05, 0.1) is 6.61 Å².